The molecule has 0 saturated heterocycles. The van der Waals surface area contributed by atoms with E-state index in [1.807, 2.05) is 0 Å². The molecule has 12 heteroatoms. The number of carboxylic acids is 4. The van der Waals surface area contributed by atoms with E-state index in [0.29, 0.717) is 0 Å². The molecule has 12 nitrogen and oxygen atoms in total. The second-order valence-electron chi connectivity index (χ2n) is 4.77. The molecule has 0 heterocycles. The highest BCUT2D eigenvalue weighted by atomic mass is 16.4. The van der Waals surface area contributed by atoms with E-state index in [-0.39, 0.29) is 5.57 Å². The summed E-state index contributed by atoms with van der Waals surface area (Å²) in [6.45, 7) is 6.23. The number of aliphatic hydroxyl groups excluding tert-OH is 4. The second kappa shape index (κ2) is 23.5. The molecule has 0 aliphatic carbocycles. The van der Waals surface area contributed by atoms with Gasteiger partial charge in [-0.05, 0) is 6.92 Å². The first-order valence-electron chi connectivity index (χ1n) is 6.99. The summed E-state index contributed by atoms with van der Waals surface area (Å²) >= 11 is 0. The maximum absolute atomic E-state index is 9.60. The number of carboxylic acid groups (broad SMARTS) is 4. The molecule has 8 N–H and O–H groups in total. The maximum atomic E-state index is 9.60. The van der Waals surface area contributed by atoms with Gasteiger partial charge < -0.3 is 40.9 Å². The van der Waals surface area contributed by atoms with Crippen LogP contribution in [0.15, 0.2) is 12.2 Å². The predicted octanol–water partition coefficient (Wildman–Crippen LogP) is -1.14. The molecular formula is C15H30O12. The number of aliphatic carboxylic acids is 4. The highest BCUT2D eigenvalue weighted by molar-refractivity contribution is 5.84. The lowest BCUT2D eigenvalue weighted by Crippen LogP contribution is -2.37. The third kappa shape index (κ3) is 59.6. The molecule has 0 bridgehead atoms. The van der Waals surface area contributed by atoms with Crippen molar-refractivity contribution < 1.29 is 60.0 Å². The van der Waals surface area contributed by atoms with Gasteiger partial charge in [-0.3, -0.25) is 14.4 Å². The van der Waals surface area contributed by atoms with Gasteiger partial charge in [-0.2, -0.15) is 0 Å². The Morgan fingerprint density at radius 1 is 0.630 bits per heavy atom. The number of rotatable bonds is 5. The molecule has 0 unspecified atom stereocenters. The molecule has 0 aromatic rings. The number of aliphatic hydroxyl groups is 4. The fraction of sp³-hybridized carbons (Fsp3) is 0.600. The van der Waals surface area contributed by atoms with Crippen LogP contribution in [0.1, 0.15) is 27.7 Å². The molecule has 162 valence electrons. The Balaban J connectivity index is -0.0000000787. The van der Waals surface area contributed by atoms with E-state index in [0.717, 1.165) is 20.8 Å². The molecule has 0 saturated carbocycles. The topological polar surface area (TPSA) is 230 Å². The SMILES string of the molecule is C=C(C)C(=O)O.CC(=O)O.CC(=O)O.CC(=O)O.OCC(CO)(CO)CO. The molecule has 0 aliphatic rings. The van der Waals surface area contributed by atoms with Crippen LogP contribution in [-0.4, -0.2) is 91.2 Å². The Kier molecular flexibility index (Phi) is 30.9. The molecule has 0 aromatic carbocycles. The molecule has 27 heavy (non-hydrogen) atoms. The monoisotopic (exact) mass is 402 g/mol. The fourth-order valence-corrected chi connectivity index (χ4v) is 0.300. The van der Waals surface area contributed by atoms with Crippen LogP contribution in [0.3, 0.4) is 0 Å². The lowest BCUT2D eigenvalue weighted by Gasteiger charge is -2.23. The van der Waals surface area contributed by atoms with E-state index in [2.05, 4.69) is 6.58 Å². The van der Waals surface area contributed by atoms with Gasteiger partial charge in [-0.25, -0.2) is 4.79 Å². The van der Waals surface area contributed by atoms with E-state index >= 15 is 0 Å². The summed E-state index contributed by atoms with van der Waals surface area (Å²) in [5.41, 5.74) is -0.935. The lowest BCUT2D eigenvalue weighted by molar-refractivity contribution is -0.135. The summed E-state index contributed by atoms with van der Waals surface area (Å²) in [6.07, 6.45) is 0. The molecule has 0 radical (unpaired) electrons. The molecular weight excluding hydrogens is 372 g/mol. The average molecular weight is 402 g/mol. The van der Waals surface area contributed by atoms with Gasteiger partial charge in [-0.15, -0.1) is 0 Å². The van der Waals surface area contributed by atoms with Crippen molar-refractivity contribution in [3.63, 3.8) is 0 Å². The van der Waals surface area contributed by atoms with Gasteiger partial charge in [0.1, 0.15) is 0 Å². The molecule has 0 rings (SSSR count). The summed E-state index contributed by atoms with van der Waals surface area (Å²) in [7, 11) is 0. The van der Waals surface area contributed by atoms with Gasteiger partial charge in [0, 0.05) is 26.3 Å². The van der Waals surface area contributed by atoms with Crippen LogP contribution in [0.5, 0.6) is 0 Å². The summed E-state index contributed by atoms with van der Waals surface area (Å²) in [5, 5.41) is 64.1. The van der Waals surface area contributed by atoms with Crippen molar-refractivity contribution in [3.8, 4) is 0 Å². The number of carbonyl (C=O) groups is 4. The summed E-state index contributed by atoms with van der Waals surface area (Å²) in [5.74, 6) is -3.44. The normalized spacial score (nSPS) is 8.44. The van der Waals surface area contributed by atoms with Crippen LogP contribution in [0, 0.1) is 5.41 Å². The molecule has 0 atom stereocenters. The van der Waals surface area contributed by atoms with Crippen molar-refractivity contribution >= 4 is 23.9 Å². The zero-order valence-electron chi connectivity index (χ0n) is 15.7. The van der Waals surface area contributed by atoms with Crippen molar-refractivity contribution in [2.24, 2.45) is 5.41 Å². The smallest absolute Gasteiger partial charge is 0.330 e. The van der Waals surface area contributed by atoms with E-state index in [9.17, 15) is 4.79 Å². The van der Waals surface area contributed by atoms with Gasteiger partial charge >= 0.3 is 5.97 Å². The summed E-state index contributed by atoms with van der Waals surface area (Å²) in [6, 6.07) is 0. The van der Waals surface area contributed by atoms with Gasteiger partial charge in [-0.1, -0.05) is 6.58 Å². The Hall–Kier alpha value is -2.54. The van der Waals surface area contributed by atoms with Crippen molar-refractivity contribution in [3.05, 3.63) is 12.2 Å². The van der Waals surface area contributed by atoms with Crippen LogP contribution in [0.2, 0.25) is 0 Å². The largest absolute Gasteiger partial charge is 0.481 e. The fourth-order valence-electron chi connectivity index (χ4n) is 0.300. The minimum atomic E-state index is -1.11. The van der Waals surface area contributed by atoms with Crippen LogP contribution in [0.4, 0.5) is 0 Å². The standard InChI is InChI=1S/C5H12O4.C4H6O2.3C2H4O2/c6-1-5(2-7,3-8)4-9;1-3(2)4(5)6;3*1-2(3)4/h6-9H,1-4H2;1H2,2H3,(H,5,6);3*1H3,(H,3,4). The molecule has 0 aromatic heterocycles. The first kappa shape index (κ1) is 35.5. The molecule has 0 aliphatic heterocycles. The van der Waals surface area contributed by atoms with Crippen molar-refractivity contribution in [1.82, 2.24) is 0 Å². The third-order valence-electron chi connectivity index (χ3n) is 1.71. The average Bonchev–Trinajstić information content (AvgIpc) is 2.49. The molecule has 0 amide bonds. The Morgan fingerprint density at radius 3 is 0.741 bits per heavy atom. The molecule has 0 fully saturated rings. The Labute approximate surface area is 156 Å². The van der Waals surface area contributed by atoms with E-state index in [4.69, 9.17) is 55.2 Å². The van der Waals surface area contributed by atoms with Gasteiger partial charge in [0.05, 0.1) is 31.8 Å². The van der Waals surface area contributed by atoms with Crippen LogP contribution in [-0.2, 0) is 19.2 Å². The van der Waals surface area contributed by atoms with Crippen LogP contribution in [0.25, 0.3) is 0 Å². The zero-order valence-corrected chi connectivity index (χ0v) is 15.7. The van der Waals surface area contributed by atoms with E-state index in [1.165, 1.54) is 6.92 Å². The minimum Gasteiger partial charge on any atom is -0.481 e. The van der Waals surface area contributed by atoms with Gasteiger partial charge in [0.15, 0.2) is 0 Å². The Bertz CT molecular complexity index is 356. The lowest BCUT2D eigenvalue weighted by atomic mass is 9.93. The third-order valence-corrected chi connectivity index (χ3v) is 1.71. The minimum absolute atomic E-state index is 0.176. The van der Waals surface area contributed by atoms with Gasteiger partial charge in [0.25, 0.3) is 17.9 Å². The number of hydrogen-bond donors (Lipinski definition) is 8. The van der Waals surface area contributed by atoms with Crippen LogP contribution < -0.4 is 0 Å². The van der Waals surface area contributed by atoms with Crippen molar-refractivity contribution in [2.75, 3.05) is 26.4 Å². The van der Waals surface area contributed by atoms with E-state index in [1.54, 1.807) is 0 Å². The van der Waals surface area contributed by atoms with E-state index < -0.39 is 55.7 Å². The molecule has 0 spiro atoms. The predicted molar refractivity (Wildman–Crippen MR) is 93.2 cm³/mol. The highest BCUT2D eigenvalue weighted by Gasteiger charge is 2.26. The quantitative estimate of drug-likeness (QED) is 0.255. The summed E-state index contributed by atoms with van der Waals surface area (Å²) in [4.78, 5) is 36.6. The zero-order chi connectivity index (χ0) is 23.2. The maximum Gasteiger partial charge on any atom is 0.330 e. The Morgan fingerprint density at radius 2 is 0.741 bits per heavy atom. The second-order valence-corrected chi connectivity index (χ2v) is 4.77. The van der Waals surface area contributed by atoms with Crippen LogP contribution >= 0.6 is 0 Å². The number of hydrogen-bond acceptors (Lipinski definition) is 8. The van der Waals surface area contributed by atoms with Crippen molar-refractivity contribution in [1.29, 1.82) is 0 Å². The highest BCUT2D eigenvalue weighted by Crippen LogP contribution is 2.11. The first-order valence-corrected chi connectivity index (χ1v) is 6.99. The first-order chi connectivity index (χ1) is 12.1. The summed E-state index contributed by atoms with van der Waals surface area (Å²) < 4.78 is 0. The van der Waals surface area contributed by atoms with Gasteiger partial charge in [0.2, 0.25) is 0 Å². The van der Waals surface area contributed by atoms with Crippen molar-refractivity contribution in [2.45, 2.75) is 27.7 Å².